The fourth-order valence-electron chi connectivity index (χ4n) is 2.62. The van der Waals surface area contributed by atoms with E-state index in [1.165, 1.54) is 16.8 Å². The van der Waals surface area contributed by atoms with Crippen molar-refractivity contribution in [3.63, 3.8) is 0 Å². The molecule has 24 heavy (non-hydrogen) atoms. The van der Waals surface area contributed by atoms with Crippen LogP contribution < -0.4 is 5.32 Å². The van der Waals surface area contributed by atoms with Gasteiger partial charge in [0.15, 0.2) is 5.96 Å². The van der Waals surface area contributed by atoms with Gasteiger partial charge in [-0.15, -0.1) is 0 Å². The molecule has 2 aromatic rings. The average Bonchev–Trinajstić information content (AvgIpc) is 2.99. The van der Waals surface area contributed by atoms with Crippen LogP contribution in [0.3, 0.4) is 0 Å². The van der Waals surface area contributed by atoms with Crippen molar-refractivity contribution in [1.82, 2.24) is 14.8 Å². The molecule has 130 valence electrons. The van der Waals surface area contributed by atoms with Crippen LogP contribution in [0.1, 0.15) is 23.7 Å². The molecule has 1 N–H and O–H groups in total. The molecule has 5 heteroatoms. The quantitative estimate of drug-likeness (QED) is 0.628. The normalized spacial score (nSPS) is 11.6. The largest absolute Gasteiger partial charge is 0.377 e. The monoisotopic (exact) mass is 328 g/mol. The van der Waals surface area contributed by atoms with Crippen LogP contribution in [0.15, 0.2) is 47.6 Å². The number of hydrogen-bond donors (Lipinski definition) is 1. The number of hydrogen-bond acceptors (Lipinski definition) is 2. The van der Waals surface area contributed by atoms with Crippen molar-refractivity contribution in [3.8, 4) is 0 Å². The van der Waals surface area contributed by atoms with E-state index in [1.54, 1.807) is 0 Å². The van der Waals surface area contributed by atoms with Gasteiger partial charge in [0.2, 0.25) is 0 Å². The zero-order chi connectivity index (χ0) is 17.4. The van der Waals surface area contributed by atoms with E-state index in [9.17, 15) is 0 Å². The van der Waals surface area contributed by atoms with Crippen molar-refractivity contribution in [2.24, 2.45) is 12.0 Å². The minimum absolute atomic E-state index is 0.645. The first-order chi connectivity index (χ1) is 11.7. The van der Waals surface area contributed by atoms with Crippen LogP contribution in [0.4, 0.5) is 0 Å². The van der Waals surface area contributed by atoms with Crippen LogP contribution in [0, 0.1) is 0 Å². The number of rotatable bonds is 7. The zero-order valence-electron chi connectivity index (χ0n) is 15.1. The van der Waals surface area contributed by atoms with E-state index in [1.807, 2.05) is 20.0 Å². The first-order valence-electron chi connectivity index (χ1n) is 8.32. The van der Waals surface area contributed by atoms with Gasteiger partial charge in [0.1, 0.15) is 0 Å². The molecular formula is C19H28N4O. The van der Waals surface area contributed by atoms with E-state index in [0.29, 0.717) is 6.61 Å². The van der Waals surface area contributed by atoms with Gasteiger partial charge in [-0.05, 0) is 30.2 Å². The Labute approximate surface area is 145 Å². The van der Waals surface area contributed by atoms with Crippen LogP contribution in [-0.2, 0) is 31.5 Å². The van der Waals surface area contributed by atoms with Crippen LogP contribution in [0.5, 0.6) is 0 Å². The van der Waals surface area contributed by atoms with Gasteiger partial charge in [-0.2, -0.15) is 0 Å². The minimum Gasteiger partial charge on any atom is -0.377 e. The molecule has 0 amide bonds. The van der Waals surface area contributed by atoms with Crippen molar-refractivity contribution in [2.45, 2.75) is 26.6 Å². The van der Waals surface area contributed by atoms with Crippen molar-refractivity contribution < 1.29 is 4.74 Å². The first kappa shape index (κ1) is 18.1. The van der Waals surface area contributed by atoms with E-state index in [0.717, 1.165) is 25.7 Å². The number of aliphatic imine (C=N–C) groups is 1. The minimum atomic E-state index is 0.645. The lowest BCUT2D eigenvalue weighted by Gasteiger charge is -2.23. The second kappa shape index (κ2) is 9.13. The number of ether oxygens (including phenoxy) is 1. The van der Waals surface area contributed by atoms with Gasteiger partial charge < -0.3 is 19.5 Å². The predicted molar refractivity (Wildman–Crippen MR) is 98.9 cm³/mol. The van der Waals surface area contributed by atoms with Gasteiger partial charge in [0, 0.05) is 46.2 Å². The Bertz CT molecular complexity index is 663. The predicted octanol–water partition coefficient (Wildman–Crippen LogP) is 2.77. The summed E-state index contributed by atoms with van der Waals surface area (Å²) in [7, 11) is 5.92. The Balaban J connectivity index is 1.97. The van der Waals surface area contributed by atoms with Crippen molar-refractivity contribution in [1.29, 1.82) is 0 Å². The summed E-state index contributed by atoms with van der Waals surface area (Å²) in [6.07, 6.45) is 2.06. The van der Waals surface area contributed by atoms with Gasteiger partial charge in [0.05, 0.1) is 13.2 Å². The molecule has 0 saturated carbocycles. The number of aryl methyl sites for hydroxylation is 1. The van der Waals surface area contributed by atoms with Crippen molar-refractivity contribution in [2.75, 3.05) is 20.7 Å². The molecule has 0 atom stereocenters. The highest BCUT2D eigenvalue weighted by Crippen LogP contribution is 2.10. The molecule has 5 nitrogen and oxygen atoms in total. The number of aromatic nitrogens is 1. The van der Waals surface area contributed by atoms with Crippen LogP contribution in [-0.4, -0.2) is 36.1 Å². The number of nitrogens with zero attached hydrogens (tertiary/aromatic N) is 3. The van der Waals surface area contributed by atoms with E-state index < -0.39 is 0 Å². The second-order valence-electron chi connectivity index (χ2n) is 5.77. The van der Waals surface area contributed by atoms with Crippen LogP contribution in [0.2, 0.25) is 0 Å². The number of benzene rings is 1. The summed E-state index contributed by atoms with van der Waals surface area (Å²) in [5, 5.41) is 3.45. The Kier molecular flexibility index (Phi) is 6.88. The summed E-state index contributed by atoms with van der Waals surface area (Å²) < 4.78 is 7.68. The van der Waals surface area contributed by atoms with Crippen LogP contribution >= 0.6 is 0 Å². The number of guanidine groups is 1. The highest BCUT2D eigenvalue weighted by atomic mass is 16.5. The van der Waals surface area contributed by atoms with Gasteiger partial charge >= 0.3 is 0 Å². The summed E-state index contributed by atoms with van der Waals surface area (Å²) in [6, 6.07) is 12.5. The fourth-order valence-corrected chi connectivity index (χ4v) is 2.62. The molecule has 0 aliphatic rings. The molecule has 2 rings (SSSR count). The maximum atomic E-state index is 5.55. The zero-order valence-corrected chi connectivity index (χ0v) is 15.1. The molecule has 1 aromatic carbocycles. The lowest BCUT2D eigenvalue weighted by Crippen LogP contribution is -2.38. The Hall–Kier alpha value is -2.27. The first-order valence-corrected chi connectivity index (χ1v) is 8.32. The van der Waals surface area contributed by atoms with Gasteiger partial charge in [-0.25, -0.2) is 0 Å². The van der Waals surface area contributed by atoms with E-state index >= 15 is 0 Å². The standard InChI is InChI=1S/C19H28N4O/c1-5-24-15-17-10-7-6-9-16(17)13-21-19(20-2)23(4)14-18-11-8-12-22(18)3/h6-12H,5,13-15H2,1-4H3,(H,20,21). The van der Waals surface area contributed by atoms with E-state index in [2.05, 4.69) is 70.4 Å². The molecule has 0 unspecified atom stereocenters. The maximum Gasteiger partial charge on any atom is 0.194 e. The van der Waals surface area contributed by atoms with E-state index in [-0.39, 0.29) is 0 Å². The van der Waals surface area contributed by atoms with Crippen molar-refractivity contribution in [3.05, 3.63) is 59.4 Å². The fraction of sp³-hybridized carbons (Fsp3) is 0.421. The summed E-state index contributed by atoms with van der Waals surface area (Å²) in [5.74, 6) is 0.877. The summed E-state index contributed by atoms with van der Waals surface area (Å²) in [4.78, 5) is 6.52. The Morgan fingerprint density at radius 3 is 2.58 bits per heavy atom. The SMILES string of the molecule is CCOCc1ccccc1CNC(=NC)N(C)Cc1cccn1C. The highest BCUT2D eigenvalue weighted by Gasteiger charge is 2.09. The Morgan fingerprint density at radius 1 is 1.21 bits per heavy atom. The van der Waals surface area contributed by atoms with Gasteiger partial charge in [0.25, 0.3) is 0 Å². The molecule has 0 spiro atoms. The molecule has 0 fully saturated rings. The molecule has 0 bridgehead atoms. The summed E-state index contributed by atoms with van der Waals surface area (Å²) >= 11 is 0. The molecular weight excluding hydrogens is 300 g/mol. The third-order valence-corrected chi connectivity index (χ3v) is 4.04. The molecule has 0 radical (unpaired) electrons. The number of nitrogens with one attached hydrogen (secondary N) is 1. The second-order valence-corrected chi connectivity index (χ2v) is 5.77. The average molecular weight is 328 g/mol. The smallest absolute Gasteiger partial charge is 0.194 e. The van der Waals surface area contributed by atoms with Crippen LogP contribution in [0.25, 0.3) is 0 Å². The highest BCUT2D eigenvalue weighted by molar-refractivity contribution is 5.79. The molecule has 0 saturated heterocycles. The summed E-state index contributed by atoms with van der Waals surface area (Å²) in [5.41, 5.74) is 3.70. The lowest BCUT2D eigenvalue weighted by molar-refractivity contribution is 0.133. The van der Waals surface area contributed by atoms with E-state index in [4.69, 9.17) is 4.74 Å². The summed E-state index contributed by atoms with van der Waals surface area (Å²) in [6.45, 7) is 4.92. The molecule has 1 heterocycles. The lowest BCUT2D eigenvalue weighted by atomic mass is 10.1. The molecule has 0 aliphatic heterocycles. The van der Waals surface area contributed by atoms with Gasteiger partial charge in [-0.1, -0.05) is 24.3 Å². The topological polar surface area (TPSA) is 41.8 Å². The molecule has 1 aromatic heterocycles. The van der Waals surface area contributed by atoms with Gasteiger partial charge in [-0.3, -0.25) is 4.99 Å². The third kappa shape index (κ3) is 4.86. The Morgan fingerprint density at radius 2 is 1.96 bits per heavy atom. The third-order valence-electron chi connectivity index (χ3n) is 4.04. The van der Waals surface area contributed by atoms with Crippen molar-refractivity contribution >= 4 is 5.96 Å². The maximum absolute atomic E-state index is 5.55. The molecule has 0 aliphatic carbocycles.